The Bertz CT molecular complexity index is 757. The summed E-state index contributed by atoms with van der Waals surface area (Å²) >= 11 is 6.57. The number of aromatic nitrogens is 2. The normalized spacial score (nSPS) is 17.6. The number of nitrogens with zero attached hydrogens (tertiary/aromatic N) is 3. The van der Waals surface area contributed by atoms with Gasteiger partial charge in [0.25, 0.3) is 5.91 Å². The summed E-state index contributed by atoms with van der Waals surface area (Å²) in [5.74, 6) is 1.07. The third kappa shape index (κ3) is 4.12. The van der Waals surface area contributed by atoms with Crippen LogP contribution in [0.15, 0.2) is 39.5 Å². The fourth-order valence-corrected chi connectivity index (χ4v) is 3.51. The number of hydrogen-bond acceptors (Lipinski definition) is 5. The van der Waals surface area contributed by atoms with Gasteiger partial charge < -0.3 is 15.0 Å². The summed E-state index contributed by atoms with van der Waals surface area (Å²) in [5.41, 5.74) is 0.449. The lowest BCUT2D eigenvalue weighted by atomic mass is 10.2. The number of ether oxygens (including phenoxy) is 1. The molecule has 1 saturated heterocycles. The molecule has 0 aromatic carbocycles. The Morgan fingerprint density at radius 1 is 1.29 bits per heavy atom. The molecule has 3 heterocycles. The minimum atomic E-state index is -0.262. The molecule has 1 N–H and O–H groups in total. The number of carbonyl (C=O) groups excluding carboxylic acids is 1. The van der Waals surface area contributed by atoms with Crippen molar-refractivity contribution in [1.82, 2.24) is 9.97 Å². The molecule has 1 fully saturated rings. The van der Waals surface area contributed by atoms with Crippen LogP contribution in [0.25, 0.3) is 0 Å². The first kappa shape index (κ1) is 17.3. The highest BCUT2D eigenvalue weighted by atomic mass is 79.9. The Morgan fingerprint density at radius 2 is 2.12 bits per heavy atom. The molecular weight excluding hydrogens is 440 g/mol. The van der Waals surface area contributed by atoms with E-state index in [1.165, 1.54) is 0 Å². The van der Waals surface area contributed by atoms with Gasteiger partial charge in [0.15, 0.2) is 0 Å². The molecule has 0 bridgehead atoms. The van der Waals surface area contributed by atoms with Gasteiger partial charge in [-0.1, -0.05) is 6.07 Å². The Labute approximate surface area is 156 Å². The molecule has 1 aliphatic rings. The van der Waals surface area contributed by atoms with E-state index in [2.05, 4.69) is 52.0 Å². The van der Waals surface area contributed by atoms with Crippen LogP contribution < -0.4 is 10.2 Å². The van der Waals surface area contributed by atoms with Gasteiger partial charge >= 0.3 is 0 Å². The Morgan fingerprint density at radius 3 is 2.88 bits per heavy atom. The number of halogens is 2. The van der Waals surface area contributed by atoms with Gasteiger partial charge in [-0.2, -0.15) is 0 Å². The number of amides is 1. The monoisotopic (exact) mass is 454 g/mol. The summed E-state index contributed by atoms with van der Waals surface area (Å²) in [6, 6.07) is 9.01. The summed E-state index contributed by atoms with van der Waals surface area (Å²) in [6.07, 6.45) is 0.170. The van der Waals surface area contributed by atoms with Crippen molar-refractivity contribution in [3.05, 3.63) is 45.1 Å². The van der Waals surface area contributed by atoms with Crippen molar-refractivity contribution in [1.29, 1.82) is 0 Å². The lowest BCUT2D eigenvalue weighted by Gasteiger charge is -2.32. The molecule has 0 aliphatic carbocycles. The lowest BCUT2D eigenvalue weighted by molar-refractivity contribution is 0.0529. The van der Waals surface area contributed by atoms with E-state index in [0.29, 0.717) is 27.2 Å². The molecule has 1 atom stereocenters. The summed E-state index contributed by atoms with van der Waals surface area (Å²) in [7, 11) is 0. The zero-order valence-electron chi connectivity index (χ0n) is 13.0. The molecule has 2 aromatic rings. The quantitative estimate of drug-likeness (QED) is 0.717. The van der Waals surface area contributed by atoms with Gasteiger partial charge in [-0.25, -0.2) is 9.97 Å². The van der Waals surface area contributed by atoms with Crippen LogP contribution in [-0.2, 0) is 4.74 Å². The fraction of sp³-hybridized carbons (Fsp3) is 0.312. The Balaban J connectivity index is 1.75. The molecule has 24 heavy (non-hydrogen) atoms. The Hall–Kier alpha value is -1.51. The summed E-state index contributed by atoms with van der Waals surface area (Å²) in [6.45, 7) is 4.29. The largest absolute Gasteiger partial charge is 0.375 e. The van der Waals surface area contributed by atoms with Crippen molar-refractivity contribution in [2.24, 2.45) is 0 Å². The van der Waals surface area contributed by atoms with E-state index in [-0.39, 0.29) is 12.0 Å². The van der Waals surface area contributed by atoms with E-state index in [1.54, 1.807) is 18.2 Å². The third-order valence-electron chi connectivity index (χ3n) is 3.60. The van der Waals surface area contributed by atoms with Crippen LogP contribution in [0.3, 0.4) is 0 Å². The first-order valence-corrected chi connectivity index (χ1v) is 9.08. The number of hydrogen-bond donors (Lipinski definition) is 1. The average Bonchev–Trinajstić information content (AvgIpc) is 2.55. The second kappa shape index (κ2) is 7.58. The molecule has 0 spiro atoms. The predicted molar refractivity (Wildman–Crippen MR) is 99.5 cm³/mol. The standard InChI is InChI=1S/C16H16Br2N4O2/c1-10-9-22(7-8-24-10)14-4-2-3-13(20-14)21-16(23)11-5-6-12(17)19-15(11)18/h2-6,10H,7-9H2,1H3,(H,20,21,23). The smallest absolute Gasteiger partial charge is 0.259 e. The molecule has 1 amide bonds. The number of anilines is 2. The van der Waals surface area contributed by atoms with Crippen LogP contribution in [0.1, 0.15) is 17.3 Å². The number of morpholine rings is 1. The van der Waals surface area contributed by atoms with Crippen molar-refractivity contribution >= 4 is 49.4 Å². The highest BCUT2D eigenvalue weighted by Gasteiger charge is 2.19. The average molecular weight is 456 g/mol. The van der Waals surface area contributed by atoms with Gasteiger partial charge in [-0.05, 0) is 63.0 Å². The zero-order valence-corrected chi connectivity index (χ0v) is 16.2. The molecule has 126 valence electrons. The minimum Gasteiger partial charge on any atom is -0.375 e. The molecule has 2 aromatic heterocycles. The van der Waals surface area contributed by atoms with E-state index in [1.807, 2.05) is 19.1 Å². The molecule has 1 aliphatic heterocycles. The van der Waals surface area contributed by atoms with Crippen LogP contribution in [0.2, 0.25) is 0 Å². The summed E-state index contributed by atoms with van der Waals surface area (Å²) in [5, 5.41) is 2.82. The van der Waals surface area contributed by atoms with Crippen LogP contribution in [-0.4, -0.2) is 41.7 Å². The van der Waals surface area contributed by atoms with E-state index in [9.17, 15) is 4.79 Å². The highest BCUT2D eigenvalue weighted by Crippen LogP contribution is 2.21. The van der Waals surface area contributed by atoms with Crippen LogP contribution in [0.5, 0.6) is 0 Å². The fourth-order valence-electron chi connectivity index (χ4n) is 2.46. The van der Waals surface area contributed by atoms with Crippen molar-refractivity contribution in [2.75, 3.05) is 29.9 Å². The van der Waals surface area contributed by atoms with Crippen molar-refractivity contribution in [3.63, 3.8) is 0 Å². The number of rotatable bonds is 3. The molecule has 3 rings (SSSR count). The van der Waals surface area contributed by atoms with Crippen molar-refractivity contribution in [2.45, 2.75) is 13.0 Å². The first-order valence-electron chi connectivity index (χ1n) is 7.50. The minimum absolute atomic E-state index is 0.170. The second-order valence-electron chi connectivity index (χ2n) is 5.43. The summed E-state index contributed by atoms with van der Waals surface area (Å²) < 4.78 is 6.69. The molecule has 0 radical (unpaired) electrons. The zero-order chi connectivity index (χ0) is 17.1. The lowest BCUT2D eigenvalue weighted by Crippen LogP contribution is -2.41. The van der Waals surface area contributed by atoms with Crippen molar-refractivity contribution in [3.8, 4) is 0 Å². The maximum atomic E-state index is 12.4. The van der Waals surface area contributed by atoms with E-state index in [0.717, 1.165) is 18.9 Å². The summed E-state index contributed by atoms with van der Waals surface area (Å²) in [4.78, 5) is 23.3. The van der Waals surface area contributed by atoms with E-state index in [4.69, 9.17) is 4.74 Å². The SMILES string of the molecule is CC1CN(c2cccc(NC(=O)c3ccc(Br)nc3Br)n2)CCO1. The highest BCUT2D eigenvalue weighted by molar-refractivity contribution is 9.11. The van der Waals surface area contributed by atoms with Gasteiger partial charge in [0.2, 0.25) is 0 Å². The van der Waals surface area contributed by atoms with Gasteiger partial charge in [0.1, 0.15) is 20.8 Å². The maximum Gasteiger partial charge on any atom is 0.259 e. The van der Waals surface area contributed by atoms with Gasteiger partial charge in [-0.3, -0.25) is 4.79 Å². The maximum absolute atomic E-state index is 12.4. The molecule has 6 nitrogen and oxygen atoms in total. The topological polar surface area (TPSA) is 67.4 Å². The number of carbonyl (C=O) groups is 1. The van der Waals surface area contributed by atoms with E-state index >= 15 is 0 Å². The number of pyridine rings is 2. The predicted octanol–water partition coefficient (Wildman–Crippen LogP) is 3.48. The number of nitrogens with one attached hydrogen (secondary N) is 1. The second-order valence-corrected chi connectivity index (χ2v) is 7.00. The van der Waals surface area contributed by atoms with Crippen LogP contribution in [0.4, 0.5) is 11.6 Å². The van der Waals surface area contributed by atoms with E-state index < -0.39 is 0 Å². The Kier molecular flexibility index (Phi) is 5.47. The first-order chi connectivity index (χ1) is 11.5. The van der Waals surface area contributed by atoms with Gasteiger partial charge in [0, 0.05) is 13.1 Å². The van der Waals surface area contributed by atoms with Gasteiger partial charge in [0.05, 0.1) is 18.3 Å². The molecule has 1 unspecified atom stereocenters. The molecular formula is C16H16Br2N4O2. The molecule has 8 heteroatoms. The van der Waals surface area contributed by atoms with Gasteiger partial charge in [-0.15, -0.1) is 0 Å². The van der Waals surface area contributed by atoms with Crippen molar-refractivity contribution < 1.29 is 9.53 Å². The van der Waals surface area contributed by atoms with Crippen LogP contribution in [0, 0.1) is 0 Å². The molecule has 0 saturated carbocycles. The van der Waals surface area contributed by atoms with Crippen LogP contribution >= 0.6 is 31.9 Å². The third-order valence-corrected chi connectivity index (χ3v) is 4.65.